The van der Waals surface area contributed by atoms with Crippen molar-refractivity contribution in [2.45, 2.75) is 24.3 Å². The van der Waals surface area contributed by atoms with Gasteiger partial charge >= 0.3 is 0 Å². The summed E-state index contributed by atoms with van der Waals surface area (Å²) in [6, 6.07) is 7.39. The molecule has 1 aliphatic rings. The van der Waals surface area contributed by atoms with Crippen molar-refractivity contribution in [2.75, 3.05) is 13.6 Å². The molecular weight excluding hydrogens is 351 g/mol. The van der Waals surface area contributed by atoms with Gasteiger partial charge in [-0.1, -0.05) is 11.6 Å². The molecule has 1 aliphatic heterocycles. The Morgan fingerprint density at radius 2 is 1.96 bits per heavy atom. The largest absolute Gasteiger partial charge is 0.301 e. The maximum atomic E-state index is 14.5. The van der Waals surface area contributed by atoms with Gasteiger partial charge in [-0.3, -0.25) is 0 Å². The molecule has 0 spiro atoms. The van der Waals surface area contributed by atoms with Crippen LogP contribution in [0.2, 0.25) is 5.02 Å². The molecule has 24 heavy (non-hydrogen) atoms. The van der Waals surface area contributed by atoms with Gasteiger partial charge < -0.3 is 4.90 Å². The molecule has 0 aromatic heterocycles. The first kappa shape index (κ1) is 17.4. The van der Waals surface area contributed by atoms with Gasteiger partial charge in [-0.25, -0.2) is 17.9 Å². The number of halogens is 2. The van der Waals surface area contributed by atoms with Crippen LogP contribution in [0, 0.1) is 12.7 Å². The van der Waals surface area contributed by atoms with Gasteiger partial charge in [0.05, 0.1) is 4.90 Å². The normalized spacial score (nSPS) is 18.5. The molecule has 1 heterocycles. The van der Waals surface area contributed by atoms with E-state index in [1.165, 1.54) is 12.1 Å². The monoisotopic (exact) mass is 368 g/mol. The lowest BCUT2D eigenvalue weighted by atomic mass is 9.83. The molecule has 2 aromatic carbocycles. The summed E-state index contributed by atoms with van der Waals surface area (Å²) in [6.45, 7) is 3.28. The molecule has 1 atom stereocenters. The number of sulfonamides is 1. The minimum Gasteiger partial charge on any atom is -0.301 e. The highest BCUT2D eigenvalue weighted by molar-refractivity contribution is 7.89. The molecule has 0 fully saturated rings. The van der Waals surface area contributed by atoms with Crippen molar-refractivity contribution in [1.29, 1.82) is 0 Å². The number of likely N-dealkylation sites (N-methyl/N-ethyl adjacent to an activating group) is 1. The number of rotatable bonds is 2. The molecular formula is C17H18ClFN2O2S. The van der Waals surface area contributed by atoms with Gasteiger partial charge in [-0.2, -0.15) is 0 Å². The highest BCUT2D eigenvalue weighted by atomic mass is 35.5. The van der Waals surface area contributed by atoms with E-state index in [0.29, 0.717) is 17.1 Å². The first-order valence-electron chi connectivity index (χ1n) is 7.46. The number of hydrogen-bond donors (Lipinski definition) is 1. The number of primary sulfonamides is 1. The van der Waals surface area contributed by atoms with Gasteiger partial charge in [0.2, 0.25) is 10.0 Å². The van der Waals surface area contributed by atoms with Crippen molar-refractivity contribution in [3.63, 3.8) is 0 Å². The molecule has 2 N–H and O–H groups in total. The second-order valence-corrected chi connectivity index (χ2v) is 8.27. The molecule has 0 amide bonds. The lowest BCUT2D eigenvalue weighted by Gasteiger charge is -2.34. The van der Waals surface area contributed by atoms with Crippen LogP contribution in [-0.2, 0) is 16.6 Å². The molecule has 4 nitrogen and oxygen atoms in total. The van der Waals surface area contributed by atoms with E-state index in [4.69, 9.17) is 16.7 Å². The predicted octanol–water partition coefficient (Wildman–Crippen LogP) is 3.01. The van der Waals surface area contributed by atoms with Crippen LogP contribution in [0.1, 0.15) is 28.2 Å². The van der Waals surface area contributed by atoms with Crippen LogP contribution >= 0.6 is 11.6 Å². The maximum Gasteiger partial charge on any atom is 0.238 e. The molecule has 2 aromatic rings. The molecule has 0 radical (unpaired) electrons. The van der Waals surface area contributed by atoms with Crippen LogP contribution in [0.15, 0.2) is 35.2 Å². The number of benzene rings is 2. The Bertz CT molecular complexity index is 915. The van der Waals surface area contributed by atoms with Crippen LogP contribution in [-0.4, -0.2) is 26.9 Å². The van der Waals surface area contributed by atoms with Crippen molar-refractivity contribution < 1.29 is 12.8 Å². The summed E-state index contributed by atoms with van der Waals surface area (Å²) in [6.07, 6.45) is 0. The predicted molar refractivity (Wildman–Crippen MR) is 92.1 cm³/mol. The summed E-state index contributed by atoms with van der Waals surface area (Å²) >= 11 is 6.19. The van der Waals surface area contributed by atoms with Crippen molar-refractivity contribution >= 4 is 21.6 Å². The van der Waals surface area contributed by atoms with Crippen molar-refractivity contribution in [3.8, 4) is 0 Å². The average molecular weight is 369 g/mol. The molecule has 0 saturated carbocycles. The Morgan fingerprint density at radius 1 is 1.25 bits per heavy atom. The highest BCUT2D eigenvalue weighted by Gasteiger charge is 2.29. The van der Waals surface area contributed by atoms with Gasteiger partial charge in [0.15, 0.2) is 0 Å². The number of aryl methyl sites for hydroxylation is 1. The summed E-state index contributed by atoms with van der Waals surface area (Å²) in [5.74, 6) is -0.760. The zero-order chi connectivity index (χ0) is 17.6. The van der Waals surface area contributed by atoms with Gasteiger partial charge in [-0.05, 0) is 66.6 Å². The number of fused-ring (bicyclic) bond motifs is 1. The Labute approximate surface area is 146 Å². The van der Waals surface area contributed by atoms with Crippen molar-refractivity contribution in [3.05, 3.63) is 63.4 Å². The topological polar surface area (TPSA) is 63.4 Å². The fraction of sp³-hybridized carbons (Fsp3) is 0.294. The minimum atomic E-state index is -3.89. The lowest BCUT2D eigenvalue weighted by molar-refractivity contribution is 0.292. The van der Waals surface area contributed by atoms with Gasteiger partial charge in [0, 0.05) is 24.0 Å². The van der Waals surface area contributed by atoms with E-state index in [2.05, 4.69) is 4.90 Å². The maximum absolute atomic E-state index is 14.5. The van der Waals surface area contributed by atoms with E-state index in [1.54, 1.807) is 0 Å². The fourth-order valence-corrected chi connectivity index (χ4v) is 4.13. The Kier molecular flexibility index (Phi) is 4.42. The first-order chi connectivity index (χ1) is 11.2. The second kappa shape index (κ2) is 6.11. The van der Waals surface area contributed by atoms with E-state index >= 15 is 0 Å². The van der Waals surface area contributed by atoms with E-state index in [9.17, 15) is 12.8 Å². The molecule has 7 heteroatoms. The molecule has 0 saturated heterocycles. The van der Waals surface area contributed by atoms with Crippen LogP contribution in [0.5, 0.6) is 0 Å². The van der Waals surface area contributed by atoms with Crippen LogP contribution < -0.4 is 5.14 Å². The van der Waals surface area contributed by atoms with Gasteiger partial charge in [0.1, 0.15) is 5.82 Å². The SMILES string of the molecule is Cc1cc(Cl)cc2c1CN(C)CC2c1cc(S(N)(=O)=O)ccc1F. The van der Waals surface area contributed by atoms with Gasteiger partial charge in [0.25, 0.3) is 0 Å². The Hall–Kier alpha value is -1.47. The third-order valence-electron chi connectivity index (χ3n) is 4.44. The zero-order valence-electron chi connectivity index (χ0n) is 13.4. The van der Waals surface area contributed by atoms with Crippen molar-refractivity contribution in [1.82, 2.24) is 4.90 Å². The van der Waals surface area contributed by atoms with E-state index in [1.807, 2.05) is 26.1 Å². The van der Waals surface area contributed by atoms with E-state index < -0.39 is 15.8 Å². The van der Waals surface area contributed by atoms with Gasteiger partial charge in [-0.15, -0.1) is 0 Å². The smallest absolute Gasteiger partial charge is 0.238 e. The third kappa shape index (κ3) is 3.19. The number of nitrogens with zero attached hydrogens (tertiary/aromatic N) is 1. The van der Waals surface area contributed by atoms with Crippen LogP contribution in [0.25, 0.3) is 0 Å². The Balaban J connectivity index is 2.21. The number of nitrogens with two attached hydrogens (primary N) is 1. The first-order valence-corrected chi connectivity index (χ1v) is 9.39. The molecule has 0 aliphatic carbocycles. The standard InChI is InChI=1S/C17H18ClFN2O2S/c1-10-5-11(18)6-13-15(10)8-21(2)9-16(13)14-7-12(24(20,22)23)3-4-17(14)19/h3-7,16H,8-9H2,1-2H3,(H2,20,22,23). The molecule has 1 unspecified atom stereocenters. The Morgan fingerprint density at radius 3 is 2.62 bits per heavy atom. The fourth-order valence-electron chi connectivity index (χ4n) is 3.30. The summed E-state index contributed by atoms with van der Waals surface area (Å²) in [5, 5.41) is 5.78. The summed E-state index contributed by atoms with van der Waals surface area (Å²) in [4.78, 5) is 1.99. The quantitative estimate of drug-likeness (QED) is 0.886. The van der Waals surface area contributed by atoms with E-state index in [-0.39, 0.29) is 10.8 Å². The average Bonchev–Trinajstić information content (AvgIpc) is 2.47. The number of hydrogen-bond acceptors (Lipinski definition) is 3. The summed E-state index contributed by atoms with van der Waals surface area (Å²) in [5.41, 5.74) is 3.38. The third-order valence-corrected chi connectivity index (χ3v) is 5.57. The summed E-state index contributed by atoms with van der Waals surface area (Å²) in [7, 11) is -1.94. The van der Waals surface area contributed by atoms with Crippen molar-refractivity contribution in [2.24, 2.45) is 5.14 Å². The van der Waals surface area contributed by atoms with E-state index in [0.717, 1.165) is 29.3 Å². The molecule has 3 rings (SSSR count). The minimum absolute atomic E-state index is 0.0903. The zero-order valence-corrected chi connectivity index (χ0v) is 15.0. The van der Waals surface area contributed by atoms with Crippen LogP contribution in [0.3, 0.4) is 0 Å². The second-order valence-electron chi connectivity index (χ2n) is 6.27. The highest BCUT2D eigenvalue weighted by Crippen LogP contribution is 2.37. The summed E-state index contributed by atoms with van der Waals surface area (Å²) < 4.78 is 37.7. The van der Waals surface area contributed by atoms with Crippen LogP contribution in [0.4, 0.5) is 4.39 Å². The lowest BCUT2D eigenvalue weighted by Crippen LogP contribution is -2.32. The molecule has 0 bridgehead atoms. The molecule has 128 valence electrons.